The lowest BCUT2D eigenvalue weighted by Crippen LogP contribution is -2.50. The van der Waals surface area contributed by atoms with Gasteiger partial charge in [0.25, 0.3) is 0 Å². The standard InChI is InChI=1S/C15H18Cl2FNO2/c1-3-15(14(20)21)5-4-6-19(15)9(2)10-7-13(18)12(17)8-11(10)16/h7-9H,3-6H2,1-2H3,(H,20,21). The Morgan fingerprint density at radius 2 is 2.14 bits per heavy atom. The van der Waals surface area contributed by atoms with Crippen LogP contribution in [0.15, 0.2) is 12.1 Å². The number of benzene rings is 1. The molecule has 1 N–H and O–H groups in total. The first-order valence-corrected chi connectivity index (χ1v) is 7.73. The molecule has 1 heterocycles. The number of nitrogens with zero attached hydrogens (tertiary/aromatic N) is 1. The van der Waals surface area contributed by atoms with Crippen molar-refractivity contribution >= 4 is 29.2 Å². The summed E-state index contributed by atoms with van der Waals surface area (Å²) in [6, 6.07) is 2.38. The summed E-state index contributed by atoms with van der Waals surface area (Å²) in [7, 11) is 0. The van der Waals surface area contributed by atoms with Crippen LogP contribution in [0.4, 0.5) is 4.39 Å². The van der Waals surface area contributed by atoms with Crippen LogP contribution in [0.3, 0.4) is 0 Å². The normalized spacial score (nSPS) is 24.2. The van der Waals surface area contributed by atoms with E-state index in [0.29, 0.717) is 30.0 Å². The molecule has 1 aliphatic rings. The number of hydrogen-bond donors (Lipinski definition) is 1. The number of hydrogen-bond acceptors (Lipinski definition) is 2. The van der Waals surface area contributed by atoms with E-state index in [1.807, 2.05) is 18.7 Å². The van der Waals surface area contributed by atoms with Crippen LogP contribution >= 0.6 is 23.2 Å². The highest BCUT2D eigenvalue weighted by molar-refractivity contribution is 6.35. The van der Waals surface area contributed by atoms with E-state index in [1.165, 1.54) is 12.1 Å². The molecule has 0 aromatic heterocycles. The smallest absolute Gasteiger partial charge is 0.324 e. The van der Waals surface area contributed by atoms with E-state index in [9.17, 15) is 14.3 Å². The Bertz CT molecular complexity index is 567. The number of carboxylic acid groups (broad SMARTS) is 1. The van der Waals surface area contributed by atoms with Crippen LogP contribution in [-0.4, -0.2) is 28.1 Å². The maximum atomic E-state index is 13.7. The third kappa shape index (κ3) is 2.77. The molecule has 6 heteroatoms. The summed E-state index contributed by atoms with van der Waals surface area (Å²) >= 11 is 11.9. The largest absolute Gasteiger partial charge is 0.480 e. The molecule has 0 aliphatic carbocycles. The van der Waals surface area contributed by atoms with Gasteiger partial charge in [-0.25, -0.2) is 4.39 Å². The maximum Gasteiger partial charge on any atom is 0.324 e. The van der Waals surface area contributed by atoms with Crippen molar-refractivity contribution in [3.05, 3.63) is 33.6 Å². The van der Waals surface area contributed by atoms with Gasteiger partial charge in [-0.15, -0.1) is 0 Å². The van der Waals surface area contributed by atoms with E-state index >= 15 is 0 Å². The molecule has 1 aromatic carbocycles. The van der Waals surface area contributed by atoms with E-state index in [2.05, 4.69) is 0 Å². The molecule has 0 amide bonds. The van der Waals surface area contributed by atoms with Gasteiger partial charge < -0.3 is 5.11 Å². The van der Waals surface area contributed by atoms with Gasteiger partial charge in [-0.05, 0) is 50.4 Å². The van der Waals surface area contributed by atoms with Crippen molar-refractivity contribution in [2.45, 2.75) is 44.7 Å². The molecule has 0 saturated carbocycles. The van der Waals surface area contributed by atoms with Gasteiger partial charge in [-0.1, -0.05) is 30.1 Å². The molecule has 2 atom stereocenters. The summed E-state index contributed by atoms with van der Waals surface area (Å²) in [5.41, 5.74) is -0.335. The van der Waals surface area contributed by atoms with Gasteiger partial charge in [0.05, 0.1) is 5.02 Å². The molecule has 3 nitrogen and oxygen atoms in total. The van der Waals surface area contributed by atoms with Crippen molar-refractivity contribution in [1.29, 1.82) is 0 Å². The Kier molecular flexibility index (Phi) is 4.81. The van der Waals surface area contributed by atoms with Crippen LogP contribution in [0.5, 0.6) is 0 Å². The van der Waals surface area contributed by atoms with Gasteiger partial charge in [-0.2, -0.15) is 0 Å². The molecule has 21 heavy (non-hydrogen) atoms. The topological polar surface area (TPSA) is 40.5 Å². The average molecular weight is 334 g/mol. The second-order valence-electron chi connectivity index (χ2n) is 5.45. The second kappa shape index (κ2) is 6.11. The van der Waals surface area contributed by atoms with Crippen LogP contribution in [0.25, 0.3) is 0 Å². The number of halogens is 3. The Balaban J connectivity index is 2.42. The highest BCUT2D eigenvalue weighted by Gasteiger charge is 2.48. The van der Waals surface area contributed by atoms with Crippen molar-refractivity contribution in [3.8, 4) is 0 Å². The molecular formula is C15H18Cl2FNO2. The fourth-order valence-electron chi connectivity index (χ4n) is 3.25. The zero-order valence-corrected chi connectivity index (χ0v) is 13.5. The van der Waals surface area contributed by atoms with Gasteiger partial charge in [0.15, 0.2) is 0 Å². The minimum atomic E-state index is -0.904. The maximum absolute atomic E-state index is 13.7. The summed E-state index contributed by atoms with van der Waals surface area (Å²) in [5, 5.41) is 9.96. The number of likely N-dealkylation sites (tertiary alicyclic amines) is 1. The van der Waals surface area contributed by atoms with Crippen LogP contribution < -0.4 is 0 Å². The first-order valence-electron chi connectivity index (χ1n) is 6.98. The van der Waals surface area contributed by atoms with E-state index in [4.69, 9.17) is 23.2 Å². The highest BCUT2D eigenvalue weighted by atomic mass is 35.5. The van der Waals surface area contributed by atoms with Crippen molar-refractivity contribution in [3.63, 3.8) is 0 Å². The molecule has 1 aromatic rings. The Labute approximate surface area is 133 Å². The van der Waals surface area contributed by atoms with E-state index < -0.39 is 17.3 Å². The first-order chi connectivity index (χ1) is 9.83. The van der Waals surface area contributed by atoms with Crippen molar-refractivity contribution in [2.24, 2.45) is 0 Å². The molecule has 0 bridgehead atoms. The van der Waals surface area contributed by atoms with Crippen LogP contribution in [0.2, 0.25) is 10.0 Å². The molecular weight excluding hydrogens is 316 g/mol. The van der Waals surface area contributed by atoms with Crippen LogP contribution in [0.1, 0.15) is 44.7 Å². The minimum Gasteiger partial charge on any atom is -0.480 e. The SMILES string of the molecule is CCC1(C(=O)O)CCCN1C(C)c1cc(F)c(Cl)cc1Cl. The molecule has 2 unspecified atom stereocenters. The van der Waals surface area contributed by atoms with E-state index in [-0.39, 0.29) is 11.1 Å². The molecule has 1 aliphatic heterocycles. The predicted molar refractivity (Wildman–Crippen MR) is 81.4 cm³/mol. The third-order valence-electron chi connectivity index (χ3n) is 4.48. The summed E-state index contributed by atoms with van der Waals surface area (Å²) in [6.45, 7) is 4.37. The van der Waals surface area contributed by atoms with Crippen molar-refractivity contribution in [2.75, 3.05) is 6.54 Å². The number of carboxylic acids is 1. The Hall–Kier alpha value is -0.840. The number of aliphatic carboxylic acids is 1. The lowest BCUT2D eigenvalue weighted by Gasteiger charge is -2.38. The Morgan fingerprint density at radius 1 is 1.48 bits per heavy atom. The Morgan fingerprint density at radius 3 is 2.71 bits per heavy atom. The van der Waals surface area contributed by atoms with Gasteiger partial charge >= 0.3 is 5.97 Å². The molecule has 1 saturated heterocycles. The summed E-state index contributed by atoms with van der Waals surface area (Å²) in [4.78, 5) is 13.6. The van der Waals surface area contributed by atoms with Gasteiger partial charge in [0.1, 0.15) is 11.4 Å². The number of rotatable bonds is 4. The molecule has 1 fully saturated rings. The predicted octanol–water partition coefficient (Wildman–Crippen LogP) is 4.52. The van der Waals surface area contributed by atoms with Crippen LogP contribution in [-0.2, 0) is 4.79 Å². The third-order valence-corrected chi connectivity index (χ3v) is 5.10. The van der Waals surface area contributed by atoms with Gasteiger partial charge in [0, 0.05) is 11.1 Å². The van der Waals surface area contributed by atoms with Gasteiger partial charge in [0.2, 0.25) is 0 Å². The lowest BCUT2D eigenvalue weighted by atomic mass is 9.91. The van der Waals surface area contributed by atoms with E-state index in [0.717, 1.165) is 6.42 Å². The van der Waals surface area contributed by atoms with Crippen LogP contribution in [0, 0.1) is 5.82 Å². The van der Waals surface area contributed by atoms with E-state index in [1.54, 1.807) is 0 Å². The zero-order chi connectivity index (χ0) is 15.8. The monoisotopic (exact) mass is 333 g/mol. The average Bonchev–Trinajstić information content (AvgIpc) is 2.87. The molecule has 0 spiro atoms. The van der Waals surface area contributed by atoms with Crippen molar-refractivity contribution < 1.29 is 14.3 Å². The lowest BCUT2D eigenvalue weighted by molar-refractivity contribution is -0.151. The molecule has 0 radical (unpaired) electrons. The summed E-state index contributed by atoms with van der Waals surface area (Å²) in [5.74, 6) is -1.38. The molecule has 2 rings (SSSR count). The van der Waals surface area contributed by atoms with Crippen molar-refractivity contribution in [1.82, 2.24) is 4.90 Å². The second-order valence-corrected chi connectivity index (χ2v) is 6.27. The highest BCUT2D eigenvalue weighted by Crippen LogP contribution is 2.41. The fourth-order valence-corrected chi connectivity index (χ4v) is 3.79. The quantitative estimate of drug-likeness (QED) is 0.823. The summed E-state index contributed by atoms with van der Waals surface area (Å²) in [6.07, 6.45) is 1.90. The minimum absolute atomic E-state index is 0.0302. The zero-order valence-electron chi connectivity index (χ0n) is 12.0. The van der Waals surface area contributed by atoms with Gasteiger partial charge in [-0.3, -0.25) is 9.69 Å². The summed E-state index contributed by atoms with van der Waals surface area (Å²) < 4.78 is 13.7. The first kappa shape index (κ1) is 16.5. The molecule has 116 valence electrons. The fraction of sp³-hybridized carbons (Fsp3) is 0.533. The number of carbonyl (C=O) groups is 1.